The van der Waals surface area contributed by atoms with Crippen molar-refractivity contribution in [3.63, 3.8) is 0 Å². The SMILES string of the molecule is CN=C(NCCCN1CCCN(C)CC1)N(C)Cc1csc(C(C)OC)n1. The van der Waals surface area contributed by atoms with E-state index < -0.39 is 0 Å². The van der Waals surface area contributed by atoms with Crippen molar-refractivity contribution in [1.82, 2.24) is 25.0 Å². The number of aromatic nitrogens is 1. The number of hydrogen-bond donors (Lipinski definition) is 1. The van der Waals surface area contributed by atoms with Gasteiger partial charge in [-0.3, -0.25) is 4.99 Å². The van der Waals surface area contributed by atoms with Crippen molar-refractivity contribution in [2.75, 3.05) is 67.5 Å². The van der Waals surface area contributed by atoms with Crippen LogP contribution in [0.15, 0.2) is 10.4 Å². The molecule has 1 fully saturated rings. The Hall–Kier alpha value is -1.22. The van der Waals surface area contributed by atoms with E-state index in [1.165, 1.54) is 32.6 Å². The van der Waals surface area contributed by atoms with E-state index in [4.69, 9.17) is 4.74 Å². The van der Waals surface area contributed by atoms with Gasteiger partial charge in [0.15, 0.2) is 5.96 Å². The highest BCUT2D eigenvalue weighted by atomic mass is 32.1. The number of nitrogens with zero attached hydrogens (tertiary/aromatic N) is 5. The zero-order valence-corrected chi connectivity index (χ0v) is 18.4. The van der Waals surface area contributed by atoms with Crippen LogP contribution < -0.4 is 5.32 Å². The van der Waals surface area contributed by atoms with Crippen LogP contribution in [0.5, 0.6) is 0 Å². The number of methoxy groups -OCH3 is 1. The summed E-state index contributed by atoms with van der Waals surface area (Å²) in [5, 5.41) is 6.61. The Balaban J connectivity index is 1.72. The van der Waals surface area contributed by atoms with Gasteiger partial charge in [0.2, 0.25) is 0 Å². The summed E-state index contributed by atoms with van der Waals surface area (Å²) in [6.45, 7) is 9.63. The number of hydrogen-bond acceptors (Lipinski definition) is 6. The summed E-state index contributed by atoms with van der Waals surface area (Å²) in [6, 6.07) is 0. The monoisotopic (exact) mass is 396 g/mol. The first-order valence-corrected chi connectivity index (χ1v) is 10.7. The van der Waals surface area contributed by atoms with E-state index in [2.05, 4.69) is 49.5 Å². The summed E-state index contributed by atoms with van der Waals surface area (Å²) >= 11 is 1.65. The van der Waals surface area contributed by atoms with Crippen LogP contribution in [0, 0.1) is 0 Å². The highest BCUT2D eigenvalue weighted by molar-refractivity contribution is 7.09. The number of ether oxygens (including phenoxy) is 1. The third-order valence-electron chi connectivity index (χ3n) is 4.99. The molecule has 1 aromatic heterocycles. The van der Waals surface area contributed by atoms with Gasteiger partial charge in [-0.05, 0) is 46.4 Å². The summed E-state index contributed by atoms with van der Waals surface area (Å²) in [7, 11) is 7.82. The Morgan fingerprint density at radius 3 is 2.96 bits per heavy atom. The lowest BCUT2D eigenvalue weighted by atomic mass is 10.3. The van der Waals surface area contributed by atoms with Crippen LogP contribution >= 0.6 is 11.3 Å². The van der Waals surface area contributed by atoms with Crippen molar-refractivity contribution in [3.8, 4) is 0 Å². The van der Waals surface area contributed by atoms with Crippen LogP contribution in [0.3, 0.4) is 0 Å². The van der Waals surface area contributed by atoms with Gasteiger partial charge in [0, 0.05) is 46.2 Å². The highest BCUT2D eigenvalue weighted by Crippen LogP contribution is 2.20. The first-order valence-electron chi connectivity index (χ1n) is 9.83. The van der Waals surface area contributed by atoms with Gasteiger partial charge in [-0.1, -0.05) is 0 Å². The quantitative estimate of drug-likeness (QED) is 0.411. The Morgan fingerprint density at radius 2 is 2.22 bits per heavy atom. The van der Waals surface area contributed by atoms with Crippen LogP contribution in [0.25, 0.3) is 0 Å². The molecule has 1 N–H and O–H groups in total. The molecule has 1 aliphatic rings. The number of aliphatic imine (C=N–C) groups is 1. The van der Waals surface area contributed by atoms with Crippen molar-refractivity contribution >= 4 is 17.3 Å². The molecule has 8 heteroatoms. The summed E-state index contributed by atoms with van der Waals surface area (Å²) in [5.41, 5.74) is 1.05. The molecule has 0 amide bonds. The minimum Gasteiger partial charge on any atom is -0.375 e. The third kappa shape index (κ3) is 7.37. The van der Waals surface area contributed by atoms with E-state index in [9.17, 15) is 0 Å². The molecule has 0 bridgehead atoms. The van der Waals surface area contributed by atoms with Crippen molar-refractivity contribution in [1.29, 1.82) is 0 Å². The van der Waals surface area contributed by atoms with Gasteiger partial charge >= 0.3 is 0 Å². The molecule has 1 unspecified atom stereocenters. The van der Waals surface area contributed by atoms with Crippen LogP contribution in [0.4, 0.5) is 0 Å². The second-order valence-corrected chi connectivity index (χ2v) is 8.13. The van der Waals surface area contributed by atoms with Gasteiger partial charge in [0.05, 0.1) is 12.2 Å². The molecule has 2 rings (SSSR count). The molecular formula is C19H36N6OS. The van der Waals surface area contributed by atoms with E-state index in [-0.39, 0.29) is 6.10 Å². The molecule has 0 spiro atoms. The fraction of sp³-hybridized carbons (Fsp3) is 0.789. The Labute approximate surface area is 168 Å². The first-order chi connectivity index (χ1) is 13.0. The third-order valence-corrected chi connectivity index (χ3v) is 6.04. The van der Waals surface area contributed by atoms with Gasteiger partial charge in [0.1, 0.15) is 11.1 Å². The zero-order chi connectivity index (χ0) is 19.6. The summed E-state index contributed by atoms with van der Waals surface area (Å²) in [5.74, 6) is 0.917. The molecule has 1 aromatic rings. The second kappa shape index (κ2) is 11.6. The Morgan fingerprint density at radius 1 is 1.41 bits per heavy atom. The maximum Gasteiger partial charge on any atom is 0.193 e. The molecule has 1 saturated heterocycles. The molecule has 1 aliphatic heterocycles. The zero-order valence-electron chi connectivity index (χ0n) is 17.6. The van der Waals surface area contributed by atoms with Crippen LogP contribution in [-0.4, -0.2) is 93.2 Å². The van der Waals surface area contributed by atoms with Gasteiger partial charge in [-0.2, -0.15) is 0 Å². The van der Waals surface area contributed by atoms with Crippen LogP contribution in [0.1, 0.15) is 36.6 Å². The van der Waals surface area contributed by atoms with Gasteiger partial charge in [-0.15, -0.1) is 11.3 Å². The fourth-order valence-corrected chi connectivity index (χ4v) is 4.05. The van der Waals surface area contributed by atoms with Crippen molar-refractivity contribution in [2.24, 2.45) is 4.99 Å². The molecule has 0 radical (unpaired) electrons. The number of nitrogens with one attached hydrogen (secondary N) is 1. The molecule has 0 aromatic carbocycles. The van der Waals surface area contributed by atoms with Crippen molar-refractivity contribution in [2.45, 2.75) is 32.4 Å². The molecular weight excluding hydrogens is 360 g/mol. The number of rotatable bonds is 8. The maximum absolute atomic E-state index is 5.34. The summed E-state index contributed by atoms with van der Waals surface area (Å²) < 4.78 is 5.34. The number of thiazole rings is 1. The average molecular weight is 397 g/mol. The Bertz CT molecular complexity index is 578. The van der Waals surface area contributed by atoms with Gasteiger partial charge < -0.3 is 24.8 Å². The highest BCUT2D eigenvalue weighted by Gasteiger charge is 2.14. The lowest BCUT2D eigenvalue weighted by Crippen LogP contribution is -2.40. The topological polar surface area (TPSA) is 56.2 Å². The standard InChI is InChI=1S/C19H36N6OS/c1-16(26-5)18-22-17(15-27-18)14-24(4)19(20-2)21-8-6-10-25-11-7-9-23(3)12-13-25/h15-16H,6-14H2,1-5H3,(H,20,21). The summed E-state index contributed by atoms with van der Waals surface area (Å²) in [6.07, 6.45) is 2.44. The molecule has 0 aliphatic carbocycles. The molecule has 0 saturated carbocycles. The van der Waals surface area contributed by atoms with Crippen LogP contribution in [-0.2, 0) is 11.3 Å². The summed E-state index contributed by atoms with van der Waals surface area (Å²) in [4.78, 5) is 16.2. The first kappa shape index (κ1) is 22.1. The molecule has 7 nitrogen and oxygen atoms in total. The van der Waals surface area contributed by atoms with Gasteiger partial charge in [-0.25, -0.2) is 4.98 Å². The predicted molar refractivity (Wildman–Crippen MR) is 114 cm³/mol. The minimum atomic E-state index is 0.0465. The van der Waals surface area contributed by atoms with Gasteiger partial charge in [0.25, 0.3) is 0 Å². The number of likely N-dealkylation sites (N-methyl/N-ethyl adjacent to an activating group) is 1. The van der Waals surface area contributed by atoms with Crippen molar-refractivity contribution < 1.29 is 4.74 Å². The number of guanidine groups is 1. The largest absolute Gasteiger partial charge is 0.375 e. The predicted octanol–water partition coefficient (Wildman–Crippen LogP) is 1.89. The van der Waals surface area contributed by atoms with E-state index in [1.807, 2.05) is 14.0 Å². The average Bonchev–Trinajstić information content (AvgIpc) is 3.03. The van der Waals surface area contributed by atoms with E-state index in [0.717, 1.165) is 42.7 Å². The van der Waals surface area contributed by atoms with E-state index in [1.54, 1.807) is 18.4 Å². The minimum absolute atomic E-state index is 0.0465. The molecule has 154 valence electrons. The normalized spacial score (nSPS) is 18.3. The second-order valence-electron chi connectivity index (χ2n) is 7.24. The maximum atomic E-state index is 5.34. The molecule has 1 atom stereocenters. The Kier molecular flexibility index (Phi) is 9.47. The fourth-order valence-electron chi connectivity index (χ4n) is 3.21. The lowest BCUT2D eigenvalue weighted by molar-refractivity contribution is 0.119. The lowest BCUT2D eigenvalue weighted by Gasteiger charge is -2.23. The molecule has 27 heavy (non-hydrogen) atoms. The van der Waals surface area contributed by atoms with E-state index >= 15 is 0 Å². The van der Waals surface area contributed by atoms with Crippen molar-refractivity contribution in [3.05, 3.63) is 16.1 Å². The molecule has 2 heterocycles. The van der Waals surface area contributed by atoms with Crippen LogP contribution in [0.2, 0.25) is 0 Å². The smallest absolute Gasteiger partial charge is 0.193 e. The van der Waals surface area contributed by atoms with E-state index in [0.29, 0.717) is 0 Å².